The van der Waals surface area contributed by atoms with Gasteiger partial charge in [0.25, 0.3) is 0 Å². The predicted molar refractivity (Wildman–Crippen MR) is 79.0 cm³/mol. The predicted octanol–water partition coefficient (Wildman–Crippen LogP) is 1.94. The first kappa shape index (κ1) is 14.9. The zero-order valence-corrected chi connectivity index (χ0v) is 12.4. The molecule has 0 radical (unpaired) electrons. The van der Waals surface area contributed by atoms with E-state index >= 15 is 0 Å². The number of aliphatic hydroxyl groups excluding tert-OH is 1. The average Bonchev–Trinajstić information content (AvgIpc) is 2.96. The van der Waals surface area contributed by atoms with Gasteiger partial charge in [-0.3, -0.25) is 0 Å². The molecule has 6 heteroatoms. The van der Waals surface area contributed by atoms with Crippen LogP contribution in [0.2, 0.25) is 0 Å². The highest BCUT2D eigenvalue weighted by atomic mass is 32.1. The molecule has 0 fully saturated rings. The first-order chi connectivity index (χ1) is 9.65. The number of rotatable bonds is 7. The Hall–Kier alpha value is -1.50. The van der Waals surface area contributed by atoms with E-state index in [0.717, 1.165) is 11.7 Å². The van der Waals surface area contributed by atoms with Gasteiger partial charge in [-0.2, -0.15) is 4.37 Å². The smallest absolute Gasteiger partial charge is 0.245 e. The van der Waals surface area contributed by atoms with E-state index in [9.17, 15) is 5.11 Å². The molecule has 0 spiro atoms. The summed E-state index contributed by atoms with van der Waals surface area (Å²) in [4.78, 5) is 0. The summed E-state index contributed by atoms with van der Waals surface area (Å²) in [6.07, 6.45) is 0.962. The van der Waals surface area contributed by atoms with Gasteiger partial charge in [0.2, 0.25) is 5.88 Å². The van der Waals surface area contributed by atoms with Gasteiger partial charge in [-0.05, 0) is 19.4 Å². The molecule has 0 aliphatic rings. The van der Waals surface area contributed by atoms with Crippen molar-refractivity contribution in [1.82, 2.24) is 14.1 Å². The summed E-state index contributed by atoms with van der Waals surface area (Å²) in [5.41, 5.74) is 2.44. The van der Waals surface area contributed by atoms with E-state index in [4.69, 9.17) is 4.74 Å². The molecule has 108 valence electrons. The van der Waals surface area contributed by atoms with Crippen molar-refractivity contribution < 1.29 is 9.84 Å². The Morgan fingerprint density at radius 1 is 1.35 bits per heavy atom. The minimum absolute atomic E-state index is 0.186. The highest BCUT2D eigenvalue weighted by molar-refractivity contribution is 6.99. The van der Waals surface area contributed by atoms with Crippen molar-refractivity contribution in [2.45, 2.75) is 26.0 Å². The van der Waals surface area contributed by atoms with Crippen LogP contribution in [0, 0.1) is 6.92 Å². The van der Waals surface area contributed by atoms with Crippen LogP contribution in [0.5, 0.6) is 5.88 Å². The van der Waals surface area contributed by atoms with Gasteiger partial charge in [-0.25, -0.2) is 0 Å². The van der Waals surface area contributed by atoms with Crippen molar-refractivity contribution in [3.05, 3.63) is 41.6 Å². The molecular weight excluding hydrogens is 274 g/mol. The third-order valence-corrected chi connectivity index (χ3v) is 3.46. The largest absolute Gasteiger partial charge is 0.473 e. The lowest BCUT2D eigenvalue weighted by molar-refractivity contribution is 0.102. The summed E-state index contributed by atoms with van der Waals surface area (Å²) < 4.78 is 13.1. The SMILES string of the molecule is Cc1ccc([C@H](C)NCC(O)COc2cnsn2)cc1. The van der Waals surface area contributed by atoms with Crippen LogP contribution in [0.4, 0.5) is 0 Å². The van der Waals surface area contributed by atoms with Gasteiger partial charge in [0.15, 0.2) is 0 Å². The maximum Gasteiger partial charge on any atom is 0.245 e. The first-order valence-corrected chi connectivity index (χ1v) is 7.26. The van der Waals surface area contributed by atoms with Gasteiger partial charge in [0.1, 0.15) is 18.9 Å². The van der Waals surface area contributed by atoms with E-state index in [1.54, 1.807) is 6.20 Å². The van der Waals surface area contributed by atoms with Gasteiger partial charge in [0.05, 0.1) is 11.7 Å². The van der Waals surface area contributed by atoms with Gasteiger partial charge >= 0.3 is 0 Å². The molecule has 0 aliphatic heterocycles. The van der Waals surface area contributed by atoms with E-state index in [2.05, 4.69) is 52.2 Å². The molecule has 2 rings (SSSR count). The Morgan fingerprint density at radius 2 is 2.10 bits per heavy atom. The second-order valence-electron chi connectivity index (χ2n) is 4.75. The lowest BCUT2D eigenvalue weighted by atomic mass is 10.1. The van der Waals surface area contributed by atoms with Crippen molar-refractivity contribution >= 4 is 11.7 Å². The second kappa shape index (κ2) is 7.33. The molecule has 2 N–H and O–H groups in total. The molecule has 0 amide bonds. The standard InChI is InChI=1S/C14H19N3O2S/c1-10-3-5-12(6-4-10)11(2)15-7-13(18)9-19-14-8-16-20-17-14/h3-6,8,11,13,15,18H,7,9H2,1-2H3/t11-,13?/m0/s1. The van der Waals surface area contributed by atoms with Crippen LogP contribution in [-0.2, 0) is 0 Å². The van der Waals surface area contributed by atoms with Crippen molar-refractivity contribution in [1.29, 1.82) is 0 Å². The lowest BCUT2D eigenvalue weighted by Crippen LogP contribution is -2.33. The highest BCUT2D eigenvalue weighted by Crippen LogP contribution is 2.13. The first-order valence-electron chi connectivity index (χ1n) is 6.53. The molecule has 0 saturated heterocycles. The fourth-order valence-electron chi connectivity index (χ4n) is 1.75. The van der Waals surface area contributed by atoms with E-state index < -0.39 is 6.10 Å². The van der Waals surface area contributed by atoms with E-state index in [1.165, 1.54) is 11.1 Å². The topological polar surface area (TPSA) is 67.3 Å². The normalized spacial score (nSPS) is 13.9. The number of nitrogens with one attached hydrogen (secondary N) is 1. The molecule has 0 aliphatic carbocycles. The molecular formula is C14H19N3O2S. The Balaban J connectivity index is 1.72. The highest BCUT2D eigenvalue weighted by Gasteiger charge is 2.10. The van der Waals surface area contributed by atoms with Crippen LogP contribution in [0.3, 0.4) is 0 Å². The van der Waals surface area contributed by atoms with Crippen molar-refractivity contribution in [2.75, 3.05) is 13.2 Å². The number of aromatic nitrogens is 2. The number of hydrogen-bond donors (Lipinski definition) is 2. The van der Waals surface area contributed by atoms with Crippen LogP contribution in [0.15, 0.2) is 30.5 Å². The van der Waals surface area contributed by atoms with Gasteiger partial charge in [-0.15, -0.1) is 4.37 Å². The summed E-state index contributed by atoms with van der Waals surface area (Å²) >= 11 is 1.09. The lowest BCUT2D eigenvalue weighted by Gasteiger charge is -2.17. The molecule has 0 bridgehead atoms. The summed E-state index contributed by atoms with van der Waals surface area (Å²) in [5.74, 6) is 0.459. The Morgan fingerprint density at radius 3 is 2.75 bits per heavy atom. The van der Waals surface area contributed by atoms with Gasteiger partial charge in [0, 0.05) is 12.6 Å². The number of benzene rings is 1. The number of hydrogen-bond acceptors (Lipinski definition) is 6. The van der Waals surface area contributed by atoms with Crippen LogP contribution < -0.4 is 10.1 Å². The number of aryl methyl sites for hydroxylation is 1. The van der Waals surface area contributed by atoms with E-state index in [0.29, 0.717) is 12.4 Å². The summed E-state index contributed by atoms with van der Waals surface area (Å²) in [5, 5.41) is 13.1. The van der Waals surface area contributed by atoms with Crippen LogP contribution >= 0.6 is 11.7 Å². The molecule has 1 aromatic carbocycles. The minimum Gasteiger partial charge on any atom is -0.473 e. The van der Waals surface area contributed by atoms with Crippen LogP contribution in [-0.4, -0.2) is 33.1 Å². The zero-order chi connectivity index (χ0) is 14.4. The van der Waals surface area contributed by atoms with Crippen LogP contribution in [0.25, 0.3) is 0 Å². The molecule has 1 heterocycles. The molecule has 2 atom stereocenters. The van der Waals surface area contributed by atoms with E-state index in [1.807, 2.05) is 0 Å². The molecule has 2 aromatic rings. The fourth-order valence-corrected chi connectivity index (χ4v) is 2.11. The second-order valence-corrected chi connectivity index (χ2v) is 5.31. The Labute approximate surface area is 122 Å². The van der Waals surface area contributed by atoms with Crippen LogP contribution in [0.1, 0.15) is 24.1 Å². The number of nitrogens with zero attached hydrogens (tertiary/aromatic N) is 2. The quantitative estimate of drug-likeness (QED) is 0.816. The maximum absolute atomic E-state index is 9.86. The fraction of sp³-hybridized carbons (Fsp3) is 0.429. The van der Waals surface area contributed by atoms with Crippen molar-refractivity contribution in [2.24, 2.45) is 0 Å². The molecule has 1 aromatic heterocycles. The van der Waals surface area contributed by atoms with Crippen molar-refractivity contribution in [3.63, 3.8) is 0 Å². The summed E-state index contributed by atoms with van der Waals surface area (Å²) in [7, 11) is 0. The third-order valence-electron chi connectivity index (χ3n) is 3.00. The average molecular weight is 293 g/mol. The Bertz CT molecular complexity index is 502. The molecule has 0 saturated carbocycles. The van der Waals surface area contributed by atoms with Gasteiger partial charge in [-0.1, -0.05) is 29.8 Å². The number of ether oxygens (including phenoxy) is 1. The monoisotopic (exact) mass is 293 g/mol. The molecule has 1 unspecified atom stereocenters. The molecule has 5 nitrogen and oxygen atoms in total. The van der Waals surface area contributed by atoms with Gasteiger partial charge < -0.3 is 15.2 Å². The molecule has 20 heavy (non-hydrogen) atoms. The maximum atomic E-state index is 9.86. The minimum atomic E-state index is -0.579. The van der Waals surface area contributed by atoms with E-state index in [-0.39, 0.29) is 12.6 Å². The third kappa shape index (κ3) is 4.56. The van der Waals surface area contributed by atoms with Crippen molar-refractivity contribution in [3.8, 4) is 5.88 Å². The summed E-state index contributed by atoms with van der Waals surface area (Å²) in [6.45, 7) is 4.81. The Kier molecular flexibility index (Phi) is 5.46. The number of aliphatic hydroxyl groups is 1. The summed E-state index contributed by atoms with van der Waals surface area (Å²) in [6, 6.07) is 8.55. The zero-order valence-electron chi connectivity index (χ0n) is 11.6.